The van der Waals surface area contributed by atoms with Gasteiger partial charge in [0, 0.05) is 17.2 Å². The van der Waals surface area contributed by atoms with Gasteiger partial charge in [0.1, 0.15) is 0 Å². The third-order valence-corrected chi connectivity index (χ3v) is 3.78. The highest BCUT2D eigenvalue weighted by molar-refractivity contribution is 9.11. The number of hydrogen-bond acceptors (Lipinski definition) is 2. The molecule has 0 heterocycles. The van der Waals surface area contributed by atoms with Crippen molar-refractivity contribution in [2.24, 2.45) is 0 Å². The topological polar surface area (TPSA) is 12.0 Å². The van der Waals surface area contributed by atoms with Crippen LogP contribution in [0.3, 0.4) is 0 Å². The van der Waals surface area contributed by atoms with Gasteiger partial charge in [-0.15, -0.1) is 11.8 Å². The molecule has 1 aromatic rings. The molecule has 0 bridgehead atoms. The van der Waals surface area contributed by atoms with Crippen molar-refractivity contribution in [2.75, 3.05) is 12.3 Å². The summed E-state index contributed by atoms with van der Waals surface area (Å²) in [6.45, 7) is 8.05. The summed E-state index contributed by atoms with van der Waals surface area (Å²) in [5.41, 5.74) is 1.35. The zero-order valence-corrected chi connectivity index (χ0v) is 12.0. The minimum absolute atomic E-state index is 0.922. The number of thioether (sulfide) groups is 1. The van der Waals surface area contributed by atoms with Crippen molar-refractivity contribution in [1.82, 2.24) is 5.32 Å². The molecule has 0 unspecified atom stereocenters. The normalized spacial score (nSPS) is 10.4. The standard InChI is InChI=1S/C13H18BrNS/c1-3-7-15-9-12-5-4-6-13(8-12)16-10-11(2)14/h4-6,8,15H,2-3,7,9-10H2,1H3. The molecule has 1 rings (SSSR count). The molecular weight excluding hydrogens is 282 g/mol. The first-order chi connectivity index (χ1) is 7.72. The molecule has 16 heavy (non-hydrogen) atoms. The lowest BCUT2D eigenvalue weighted by Crippen LogP contribution is -2.13. The molecule has 1 N–H and O–H groups in total. The van der Waals surface area contributed by atoms with Crippen LogP contribution in [0.1, 0.15) is 18.9 Å². The quantitative estimate of drug-likeness (QED) is 0.598. The van der Waals surface area contributed by atoms with Gasteiger partial charge in [-0.2, -0.15) is 0 Å². The summed E-state index contributed by atoms with van der Waals surface area (Å²) in [5, 5.41) is 3.41. The average molecular weight is 300 g/mol. The summed E-state index contributed by atoms with van der Waals surface area (Å²) in [6, 6.07) is 8.66. The number of hydrogen-bond donors (Lipinski definition) is 1. The predicted octanol–water partition coefficient (Wildman–Crippen LogP) is 4.19. The minimum atomic E-state index is 0.922. The van der Waals surface area contributed by atoms with Gasteiger partial charge >= 0.3 is 0 Å². The van der Waals surface area contributed by atoms with Crippen LogP contribution in [-0.4, -0.2) is 12.3 Å². The van der Waals surface area contributed by atoms with E-state index in [0.717, 1.165) is 23.3 Å². The Bertz CT molecular complexity index is 338. The van der Waals surface area contributed by atoms with Crippen LogP contribution < -0.4 is 5.32 Å². The van der Waals surface area contributed by atoms with E-state index in [1.54, 1.807) is 0 Å². The van der Waals surface area contributed by atoms with Crippen molar-refractivity contribution in [3.63, 3.8) is 0 Å². The maximum absolute atomic E-state index is 3.84. The smallest absolute Gasteiger partial charge is 0.0292 e. The Morgan fingerprint density at radius 3 is 3.00 bits per heavy atom. The van der Waals surface area contributed by atoms with Crippen molar-refractivity contribution in [2.45, 2.75) is 24.8 Å². The molecule has 0 atom stereocenters. The summed E-state index contributed by atoms with van der Waals surface area (Å²) >= 11 is 5.18. The summed E-state index contributed by atoms with van der Waals surface area (Å²) < 4.78 is 1.03. The van der Waals surface area contributed by atoms with Gasteiger partial charge in [-0.25, -0.2) is 0 Å². The van der Waals surface area contributed by atoms with Crippen LogP contribution in [-0.2, 0) is 6.54 Å². The fraction of sp³-hybridized carbons (Fsp3) is 0.385. The lowest BCUT2D eigenvalue weighted by atomic mass is 10.2. The highest BCUT2D eigenvalue weighted by atomic mass is 79.9. The Kier molecular flexibility index (Phi) is 6.85. The van der Waals surface area contributed by atoms with E-state index in [1.165, 1.54) is 16.9 Å². The highest BCUT2D eigenvalue weighted by Crippen LogP contribution is 2.22. The van der Waals surface area contributed by atoms with Crippen molar-refractivity contribution in [3.05, 3.63) is 40.9 Å². The van der Waals surface area contributed by atoms with Crippen molar-refractivity contribution in [3.8, 4) is 0 Å². The van der Waals surface area contributed by atoms with Gasteiger partial charge in [0.2, 0.25) is 0 Å². The van der Waals surface area contributed by atoms with E-state index in [9.17, 15) is 0 Å². The fourth-order valence-electron chi connectivity index (χ4n) is 1.32. The van der Waals surface area contributed by atoms with Gasteiger partial charge in [-0.05, 0) is 35.1 Å². The first-order valence-electron chi connectivity index (χ1n) is 5.48. The van der Waals surface area contributed by atoms with Gasteiger partial charge in [0.05, 0.1) is 0 Å². The lowest BCUT2D eigenvalue weighted by Gasteiger charge is -2.06. The van der Waals surface area contributed by atoms with E-state index in [1.807, 2.05) is 11.8 Å². The highest BCUT2D eigenvalue weighted by Gasteiger charge is 1.97. The Hall–Kier alpha value is -0.250. The van der Waals surface area contributed by atoms with Gasteiger partial charge in [0.25, 0.3) is 0 Å². The molecule has 0 aromatic heterocycles. The first kappa shape index (κ1) is 13.8. The molecule has 1 nitrogen and oxygen atoms in total. The van der Waals surface area contributed by atoms with E-state index in [-0.39, 0.29) is 0 Å². The zero-order chi connectivity index (χ0) is 11.8. The van der Waals surface area contributed by atoms with E-state index in [4.69, 9.17) is 0 Å². The van der Waals surface area contributed by atoms with E-state index < -0.39 is 0 Å². The summed E-state index contributed by atoms with van der Waals surface area (Å²) in [5.74, 6) is 0.922. The van der Waals surface area contributed by atoms with Crippen molar-refractivity contribution >= 4 is 27.7 Å². The largest absolute Gasteiger partial charge is 0.313 e. The fourth-order valence-corrected chi connectivity index (χ4v) is 2.39. The number of benzene rings is 1. The number of halogens is 1. The number of nitrogens with one attached hydrogen (secondary N) is 1. The van der Waals surface area contributed by atoms with Crippen molar-refractivity contribution < 1.29 is 0 Å². The summed E-state index contributed by atoms with van der Waals surface area (Å²) in [6.07, 6.45) is 1.18. The Balaban J connectivity index is 2.46. The van der Waals surface area contributed by atoms with E-state index in [2.05, 4.69) is 59.0 Å². The molecule has 0 saturated carbocycles. The van der Waals surface area contributed by atoms with Crippen LogP contribution in [0.2, 0.25) is 0 Å². The molecule has 0 amide bonds. The average Bonchev–Trinajstić information content (AvgIpc) is 2.27. The van der Waals surface area contributed by atoms with Gasteiger partial charge < -0.3 is 5.32 Å². The zero-order valence-electron chi connectivity index (χ0n) is 9.63. The van der Waals surface area contributed by atoms with Crippen LogP contribution in [0.4, 0.5) is 0 Å². The van der Waals surface area contributed by atoms with Gasteiger partial charge in [-0.3, -0.25) is 0 Å². The first-order valence-corrected chi connectivity index (χ1v) is 7.26. The van der Waals surface area contributed by atoms with Gasteiger partial charge in [0.15, 0.2) is 0 Å². The van der Waals surface area contributed by atoms with Gasteiger partial charge in [-0.1, -0.05) is 41.6 Å². The van der Waals surface area contributed by atoms with Crippen LogP contribution in [0.25, 0.3) is 0 Å². The Morgan fingerprint density at radius 1 is 1.50 bits per heavy atom. The maximum Gasteiger partial charge on any atom is 0.0292 e. The Labute approximate surface area is 111 Å². The third kappa shape index (κ3) is 5.73. The van der Waals surface area contributed by atoms with E-state index >= 15 is 0 Å². The molecule has 0 aliphatic carbocycles. The van der Waals surface area contributed by atoms with Crippen LogP contribution in [0.5, 0.6) is 0 Å². The van der Waals surface area contributed by atoms with Crippen LogP contribution >= 0.6 is 27.7 Å². The monoisotopic (exact) mass is 299 g/mol. The van der Waals surface area contributed by atoms with Crippen LogP contribution in [0, 0.1) is 0 Å². The lowest BCUT2D eigenvalue weighted by molar-refractivity contribution is 0.674. The second-order valence-electron chi connectivity index (χ2n) is 3.63. The SMILES string of the molecule is C=C(Br)CSc1cccc(CNCCC)c1. The van der Waals surface area contributed by atoms with Crippen molar-refractivity contribution in [1.29, 1.82) is 0 Å². The van der Waals surface area contributed by atoms with E-state index in [0.29, 0.717) is 0 Å². The Morgan fingerprint density at radius 2 is 2.31 bits per heavy atom. The minimum Gasteiger partial charge on any atom is -0.313 e. The molecule has 88 valence electrons. The summed E-state index contributed by atoms with van der Waals surface area (Å²) in [7, 11) is 0. The second-order valence-corrected chi connectivity index (χ2v) is 5.80. The number of rotatable bonds is 7. The summed E-state index contributed by atoms with van der Waals surface area (Å²) in [4.78, 5) is 1.30. The molecule has 1 aromatic carbocycles. The molecule has 0 fully saturated rings. The molecular formula is C13H18BrNS. The molecule has 0 aliphatic rings. The second kappa shape index (κ2) is 7.93. The molecule has 3 heteroatoms. The molecule has 0 aliphatic heterocycles. The molecule has 0 radical (unpaired) electrons. The maximum atomic E-state index is 3.84. The van der Waals surface area contributed by atoms with Crippen LogP contribution in [0.15, 0.2) is 40.2 Å². The predicted molar refractivity (Wildman–Crippen MR) is 77.2 cm³/mol. The molecule has 0 saturated heterocycles. The molecule has 0 spiro atoms. The third-order valence-electron chi connectivity index (χ3n) is 2.05.